The number of hydrogen-bond acceptors (Lipinski definition) is 5. The van der Waals surface area contributed by atoms with Gasteiger partial charge in [-0.2, -0.15) is 0 Å². The van der Waals surface area contributed by atoms with Crippen LogP contribution in [0.25, 0.3) is 5.57 Å². The molecule has 1 N–H and O–H groups in total. The first-order valence-electron chi connectivity index (χ1n) is 11.2. The van der Waals surface area contributed by atoms with Crippen LogP contribution in [0.3, 0.4) is 0 Å². The molecule has 2 aliphatic heterocycles. The Kier molecular flexibility index (Phi) is 7.05. The predicted molar refractivity (Wildman–Crippen MR) is 128 cm³/mol. The Morgan fingerprint density at radius 2 is 2.12 bits per heavy atom. The maximum absolute atomic E-state index is 13.2. The second-order valence-electron chi connectivity index (χ2n) is 8.43. The molecule has 1 atom stereocenters. The fourth-order valence-corrected chi connectivity index (χ4v) is 4.23. The summed E-state index contributed by atoms with van der Waals surface area (Å²) in [6, 6.07) is 10.2. The van der Waals surface area contributed by atoms with Crippen molar-refractivity contribution in [3.8, 4) is 5.88 Å². The summed E-state index contributed by atoms with van der Waals surface area (Å²) >= 11 is 0. The van der Waals surface area contributed by atoms with Crippen LogP contribution in [0, 0.1) is 0 Å². The third kappa shape index (κ3) is 4.94. The first-order chi connectivity index (χ1) is 15.6. The van der Waals surface area contributed by atoms with Gasteiger partial charge in [0.05, 0.1) is 6.10 Å². The quantitative estimate of drug-likeness (QED) is 0.652. The topological polar surface area (TPSA) is 63.7 Å². The van der Waals surface area contributed by atoms with E-state index in [1.807, 2.05) is 31.1 Å². The number of carbonyl (C=O) groups excluding carboxylic acids is 1. The van der Waals surface area contributed by atoms with E-state index in [0.29, 0.717) is 31.1 Å². The van der Waals surface area contributed by atoms with Crippen molar-refractivity contribution in [2.45, 2.75) is 45.4 Å². The Bertz CT molecular complexity index is 1010. The fourth-order valence-electron chi connectivity index (χ4n) is 4.23. The van der Waals surface area contributed by atoms with E-state index in [-0.39, 0.29) is 12.0 Å². The molecule has 0 spiro atoms. The van der Waals surface area contributed by atoms with Crippen LogP contribution in [0.4, 0.5) is 0 Å². The number of nitrogens with zero attached hydrogens (tertiary/aromatic N) is 2. The van der Waals surface area contributed by atoms with E-state index in [4.69, 9.17) is 9.47 Å². The van der Waals surface area contributed by atoms with E-state index >= 15 is 0 Å². The molecule has 3 heterocycles. The number of amides is 1. The van der Waals surface area contributed by atoms with Gasteiger partial charge < -0.3 is 4.74 Å². The third-order valence-electron chi connectivity index (χ3n) is 5.93. The summed E-state index contributed by atoms with van der Waals surface area (Å²) in [5.41, 5.74) is 5.78. The Morgan fingerprint density at radius 3 is 2.81 bits per heavy atom. The van der Waals surface area contributed by atoms with Gasteiger partial charge in [-0.05, 0) is 19.3 Å². The van der Waals surface area contributed by atoms with E-state index in [0.717, 1.165) is 53.6 Å². The first-order valence-corrected chi connectivity index (χ1v) is 11.2. The molecule has 0 radical (unpaired) electrons. The standard InChI is InChI=1S/C25H30BN3O3/c1-17(26)22(13-27-2)19-8-6-18(7-9-19)14-29-15-20-10-11-28-24(23(20)25(29)30)32-16-21-5-3-4-12-31-21/h6-11,13,21,26-27H,3-5,12,14-16H2,1-2H3/b22-13+. The van der Waals surface area contributed by atoms with Gasteiger partial charge in [0.25, 0.3) is 0 Å². The number of benzene rings is 1. The zero-order chi connectivity index (χ0) is 22.5. The van der Waals surface area contributed by atoms with Gasteiger partial charge in [0, 0.05) is 6.61 Å². The van der Waals surface area contributed by atoms with E-state index < -0.39 is 0 Å². The van der Waals surface area contributed by atoms with E-state index in [1.165, 1.54) is 0 Å². The number of hydrogen-bond donors (Lipinski definition) is 1. The number of pyridine rings is 1. The van der Waals surface area contributed by atoms with Gasteiger partial charge in [0.15, 0.2) is 0 Å². The van der Waals surface area contributed by atoms with Crippen LogP contribution in [0.2, 0.25) is 0 Å². The molecule has 1 fully saturated rings. The normalized spacial score (nSPS) is 18.4. The van der Waals surface area contributed by atoms with Crippen LogP contribution in [0.1, 0.15) is 53.2 Å². The minimum absolute atomic E-state index is 0.0329. The van der Waals surface area contributed by atoms with Crippen LogP contribution in [-0.4, -0.2) is 55.1 Å². The average molecular weight is 431 g/mol. The molecule has 1 aromatic heterocycles. The second kappa shape index (κ2) is 10.1. The number of carbonyl (C=O) groups is 1. The van der Waals surface area contributed by atoms with Crippen LogP contribution >= 0.6 is 0 Å². The van der Waals surface area contributed by atoms with E-state index in [2.05, 4.69) is 42.1 Å². The van der Waals surface area contributed by atoms with Crippen molar-refractivity contribution >= 4 is 24.4 Å². The van der Waals surface area contributed by atoms with Gasteiger partial charge in [0.1, 0.15) is 6.61 Å². The van der Waals surface area contributed by atoms with Crippen LogP contribution in [-0.2, 0) is 17.8 Å². The SMILES string of the molecule is B=C(C)/C(=C\NC)c1ccc(CN2Cc3ccnc(OCC4CCCCO4)c3C2=O)cc1. The van der Waals surface area contributed by atoms with Crippen molar-refractivity contribution in [2.24, 2.45) is 0 Å². The van der Waals surface area contributed by atoms with Crippen molar-refractivity contribution in [2.75, 3.05) is 20.3 Å². The number of allylic oxidation sites excluding steroid dienone is 1. The van der Waals surface area contributed by atoms with E-state index in [1.54, 1.807) is 6.20 Å². The Morgan fingerprint density at radius 1 is 1.31 bits per heavy atom. The molecule has 1 unspecified atom stereocenters. The van der Waals surface area contributed by atoms with Crippen molar-refractivity contribution in [3.63, 3.8) is 0 Å². The molecule has 1 amide bonds. The Balaban J connectivity index is 1.44. The number of rotatable bonds is 8. The number of fused-ring (bicyclic) bond motifs is 1. The minimum atomic E-state index is -0.0329. The molecule has 166 valence electrons. The molecule has 4 rings (SSSR count). The Labute approximate surface area is 190 Å². The molecule has 0 saturated carbocycles. The van der Waals surface area contributed by atoms with Gasteiger partial charge in [-0.1, -0.05) is 0 Å². The molecule has 2 aliphatic rings. The zero-order valence-electron chi connectivity index (χ0n) is 18.9. The third-order valence-corrected chi connectivity index (χ3v) is 5.93. The Hall–Kier alpha value is -2.93. The molecular formula is C25H30BN3O3. The maximum atomic E-state index is 13.2. The van der Waals surface area contributed by atoms with Crippen LogP contribution in [0.5, 0.6) is 5.88 Å². The molecule has 6 nitrogen and oxygen atoms in total. The first kappa shape index (κ1) is 22.3. The second-order valence-corrected chi connectivity index (χ2v) is 8.43. The molecule has 1 aromatic carbocycles. The van der Waals surface area contributed by atoms with Crippen LogP contribution < -0.4 is 10.1 Å². The number of aromatic nitrogens is 1. The molecule has 32 heavy (non-hydrogen) atoms. The molecule has 7 heteroatoms. The summed E-state index contributed by atoms with van der Waals surface area (Å²) in [7, 11) is 5.93. The van der Waals surface area contributed by atoms with Gasteiger partial charge in [-0.3, -0.25) is 0 Å². The summed E-state index contributed by atoms with van der Waals surface area (Å²) in [5.74, 6) is 0.386. The monoisotopic (exact) mass is 431 g/mol. The molecular weight excluding hydrogens is 401 g/mol. The van der Waals surface area contributed by atoms with Crippen molar-refractivity contribution in [1.82, 2.24) is 15.2 Å². The fraction of sp³-hybridized carbons (Fsp3) is 0.400. The van der Waals surface area contributed by atoms with Crippen LogP contribution in [0.15, 0.2) is 42.7 Å². The van der Waals surface area contributed by atoms with Gasteiger partial charge >= 0.3 is 147 Å². The zero-order valence-corrected chi connectivity index (χ0v) is 18.9. The molecule has 2 aromatic rings. The number of ether oxygens (including phenoxy) is 2. The summed E-state index contributed by atoms with van der Waals surface area (Å²) in [6.07, 6.45) is 6.98. The summed E-state index contributed by atoms with van der Waals surface area (Å²) in [6.45, 7) is 4.30. The predicted octanol–water partition coefficient (Wildman–Crippen LogP) is 2.84. The average Bonchev–Trinajstić information content (AvgIpc) is 3.13. The molecule has 0 bridgehead atoms. The van der Waals surface area contributed by atoms with Crippen molar-refractivity contribution < 1.29 is 14.3 Å². The number of nitrogens with one attached hydrogen (secondary N) is 1. The summed E-state index contributed by atoms with van der Waals surface area (Å²) < 4.78 is 11.7. The van der Waals surface area contributed by atoms with Crippen molar-refractivity contribution in [1.29, 1.82) is 0 Å². The van der Waals surface area contributed by atoms with E-state index in [9.17, 15) is 4.79 Å². The summed E-state index contributed by atoms with van der Waals surface area (Å²) in [4.78, 5) is 19.4. The van der Waals surface area contributed by atoms with Gasteiger partial charge in [-0.15, -0.1) is 0 Å². The summed E-state index contributed by atoms with van der Waals surface area (Å²) in [5, 5.41) is 3.07. The van der Waals surface area contributed by atoms with Gasteiger partial charge in [-0.25, -0.2) is 0 Å². The molecule has 1 saturated heterocycles. The molecule has 0 aliphatic carbocycles. The van der Waals surface area contributed by atoms with Gasteiger partial charge in [0.2, 0.25) is 0 Å². The van der Waals surface area contributed by atoms with Crippen molar-refractivity contribution in [3.05, 3.63) is 65.0 Å².